The van der Waals surface area contributed by atoms with Crippen molar-refractivity contribution in [2.24, 2.45) is 0 Å². The van der Waals surface area contributed by atoms with Gasteiger partial charge in [0.15, 0.2) is 0 Å². The van der Waals surface area contributed by atoms with Crippen LogP contribution in [0.4, 0.5) is 10.5 Å². The summed E-state index contributed by atoms with van der Waals surface area (Å²) in [7, 11) is 0. The molecule has 2 N–H and O–H groups in total. The van der Waals surface area contributed by atoms with Crippen LogP contribution in [0.25, 0.3) is 5.69 Å². The summed E-state index contributed by atoms with van der Waals surface area (Å²) in [6, 6.07) is 16.8. The molecule has 2 aromatic carbocycles. The van der Waals surface area contributed by atoms with Gasteiger partial charge in [0.05, 0.1) is 23.0 Å². The molecule has 0 radical (unpaired) electrons. The van der Waals surface area contributed by atoms with Gasteiger partial charge in [-0.15, -0.1) is 0 Å². The number of aromatic amines is 1. The van der Waals surface area contributed by atoms with Crippen LogP contribution in [0.2, 0.25) is 0 Å². The third kappa shape index (κ3) is 4.52. The van der Waals surface area contributed by atoms with Gasteiger partial charge in [0.25, 0.3) is 0 Å². The summed E-state index contributed by atoms with van der Waals surface area (Å²) in [5.41, 5.74) is 3.57. The predicted octanol–water partition coefficient (Wildman–Crippen LogP) is 2.70. The number of nitrogens with zero attached hydrogens (tertiary/aromatic N) is 4. The second-order valence-electron chi connectivity index (χ2n) is 7.59. The van der Waals surface area contributed by atoms with Crippen LogP contribution in [0.5, 0.6) is 0 Å². The van der Waals surface area contributed by atoms with Gasteiger partial charge < -0.3 is 15.2 Å². The Balaban J connectivity index is 1.38. The number of carbonyl (C=O) groups is 1. The molecule has 2 heterocycles. The number of rotatable bonds is 4. The molecule has 31 heavy (non-hydrogen) atoms. The highest BCUT2D eigenvalue weighted by Crippen LogP contribution is 2.21. The number of amides is 2. The molecule has 0 aliphatic carbocycles. The highest BCUT2D eigenvalue weighted by Gasteiger charge is 2.22. The molecule has 1 fully saturated rings. The summed E-state index contributed by atoms with van der Waals surface area (Å²) in [6.45, 7) is 5.40. The molecule has 1 aromatic heterocycles. The number of piperazine rings is 1. The Morgan fingerprint density at radius 3 is 2.45 bits per heavy atom. The van der Waals surface area contributed by atoms with E-state index in [0.29, 0.717) is 30.0 Å². The number of H-pyrrole nitrogens is 1. The number of nitrogens with one attached hydrogen (secondary N) is 2. The number of para-hydroxylation sites is 2. The molecule has 158 valence electrons. The van der Waals surface area contributed by atoms with Crippen LogP contribution in [0.15, 0.2) is 59.5 Å². The topological polar surface area (TPSA) is 97.2 Å². The molecule has 8 heteroatoms. The van der Waals surface area contributed by atoms with E-state index in [9.17, 15) is 9.59 Å². The molecule has 0 spiro atoms. The molecule has 0 atom stereocenters. The van der Waals surface area contributed by atoms with Crippen molar-refractivity contribution in [1.82, 2.24) is 19.4 Å². The SMILES string of the molecule is Cc1c[nH]c(=O)n1-c1ccccc1NC(=O)N1CCN(Cc2ccc(C#N)cc2)CC1. The van der Waals surface area contributed by atoms with Crippen LogP contribution < -0.4 is 11.0 Å². The smallest absolute Gasteiger partial charge is 0.322 e. The lowest BCUT2D eigenvalue weighted by Crippen LogP contribution is -2.49. The Hall–Kier alpha value is -3.83. The predicted molar refractivity (Wildman–Crippen MR) is 118 cm³/mol. The summed E-state index contributed by atoms with van der Waals surface area (Å²) in [6.07, 6.45) is 1.65. The van der Waals surface area contributed by atoms with E-state index in [4.69, 9.17) is 5.26 Å². The number of hydrogen-bond acceptors (Lipinski definition) is 4. The summed E-state index contributed by atoms with van der Waals surface area (Å²) >= 11 is 0. The van der Waals surface area contributed by atoms with Crippen molar-refractivity contribution in [3.63, 3.8) is 0 Å². The molecule has 1 aliphatic heterocycles. The zero-order chi connectivity index (χ0) is 21.8. The highest BCUT2D eigenvalue weighted by molar-refractivity contribution is 5.91. The summed E-state index contributed by atoms with van der Waals surface area (Å²) < 4.78 is 1.55. The summed E-state index contributed by atoms with van der Waals surface area (Å²) in [5, 5.41) is 11.9. The Kier molecular flexibility index (Phi) is 5.87. The lowest BCUT2D eigenvalue weighted by atomic mass is 10.1. The maximum Gasteiger partial charge on any atom is 0.330 e. The van der Waals surface area contributed by atoms with E-state index in [-0.39, 0.29) is 11.7 Å². The molecule has 0 bridgehead atoms. The van der Waals surface area contributed by atoms with E-state index in [1.165, 1.54) is 0 Å². The van der Waals surface area contributed by atoms with Crippen LogP contribution >= 0.6 is 0 Å². The van der Waals surface area contributed by atoms with Gasteiger partial charge in [-0.05, 0) is 36.8 Å². The number of imidazole rings is 1. The van der Waals surface area contributed by atoms with Crippen molar-refractivity contribution in [2.75, 3.05) is 31.5 Å². The third-order valence-electron chi connectivity index (χ3n) is 5.50. The number of aromatic nitrogens is 2. The van der Waals surface area contributed by atoms with Crippen molar-refractivity contribution in [2.45, 2.75) is 13.5 Å². The van der Waals surface area contributed by atoms with Crippen molar-refractivity contribution >= 4 is 11.7 Å². The monoisotopic (exact) mass is 416 g/mol. The van der Waals surface area contributed by atoms with Gasteiger partial charge in [0, 0.05) is 44.6 Å². The van der Waals surface area contributed by atoms with Gasteiger partial charge in [-0.25, -0.2) is 9.59 Å². The molecule has 1 saturated heterocycles. The standard InChI is InChI=1S/C23H24N6O2/c1-17-15-25-22(30)29(17)21-5-3-2-4-20(21)26-23(31)28-12-10-27(11-13-28)16-19-8-6-18(14-24)7-9-19/h2-9,15H,10-13,16H2,1H3,(H,25,30)(H,26,31). The number of urea groups is 1. The zero-order valence-electron chi connectivity index (χ0n) is 17.3. The molecule has 2 amide bonds. The highest BCUT2D eigenvalue weighted by atomic mass is 16.2. The Bertz CT molecular complexity index is 1160. The Morgan fingerprint density at radius 1 is 1.10 bits per heavy atom. The Morgan fingerprint density at radius 2 is 1.81 bits per heavy atom. The second kappa shape index (κ2) is 8.90. The summed E-state index contributed by atoms with van der Waals surface area (Å²) in [5.74, 6) is 0. The molecule has 0 unspecified atom stereocenters. The average molecular weight is 416 g/mol. The Labute approximate surface area is 180 Å². The molecule has 3 aromatic rings. The van der Waals surface area contributed by atoms with Crippen molar-refractivity contribution < 1.29 is 4.79 Å². The zero-order valence-corrected chi connectivity index (χ0v) is 17.3. The lowest BCUT2D eigenvalue weighted by Gasteiger charge is -2.34. The number of anilines is 1. The van der Waals surface area contributed by atoms with Crippen molar-refractivity contribution in [3.05, 3.63) is 82.0 Å². The minimum Gasteiger partial charge on any atom is -0.322 e. The van der Waals surface area contributed by atoms with Gasteiger partial charge in [0.1, 0.15) is 0 Å². The molecular formula is C23H24N6O2. The van der Waals surface area contributed by atoms with E-state index in [2.05, 4.69) is 21.3 Å². The molecular weight excluding hydrogens is 392 g/mol. The molecule has 0 saturated carbocycles. The first-order valence-electron chi connectivity index (χ1n) is 10.2. The van der Waals surface area contributed by atoms with Crippen LogP contribution in [-0.2, 0) is 6.54 Å². The van der Waals surface area contributed by atoms with E-state index in [0.717, 1.165) is 30.9 Å². The average Bonchev–Trinajstić information content (AvgIpc) is 3.13. The fraction of sp³-hybridized carbons (Fsp3) is 0.261. The fourth-order valence-corrected chi connectivity index (χ4v) is 3.78. The molecule has 4 rings (SSSR count). The van der Waals surface area contributed by atoms with E-state index in [1.807, 2.05) is 49.4 Å². The molecule has 1 aliphatic rings. The minimum absolute atomic E-state index is 0.174. The van der Waals surface area contributed by atoms with Crippen LogP contribution in [0.1, 0.15) is 16.8 Å². The first kappa shape index (κ1) is 20.4. The van der Waals surface area contributed by atoms with Crippen LogP contribution in [0.3, 0.4) is 0 Å². The van der Waals surface area contributed by atoms with Crippen LogP contribution in [0, 0.1) is 18.3 Å². The number of benzene rings is 2. The number of carbonyl (C=O) groups excluding carboxylic acids is 1. The van der Waals surface area contributed by atoms with Crippen LogP contribution in [-0.4, -0.2) is 51.6 Å². The van der Waals surface area contributed by atoms with Crippen molar-refractivity contribution in [1.29, 1.82) is 5.26 Å². The van der Waals surface area contributed by atoms with Gasteiger partial charge in [-0.3, -0.25) is 9.47 Å². The van der Waals surface area contributed by atoms with Crippen molar-refractivity contribution in [3.8, 4) is 11.8 Å². The van der Waals surface area contributed by atoms with Gasteiger partial charge in [0.2, 0.25) is 0 Å². The minimum atomic E-state index is -0.240. The maximum atomic E-state index is 12.9. The first-order chi connectivity index (χ1) is 15.0. The number of nitriles is 1. The van der Waals surface area contributed by atoms with Gasteiger partial charge >= 0.3 is 11.7 Å². The lowest BCUT2D eigenvalue weighted by molar-refractivity contribution is 0.143. The maximum absolute atomic E-state index is 12.9. The van der Waals surface area contributed by atoms with E-state index >= 15 is 0 Å². The number of hydrogen-bond donors (Lipinski definition) is 2. The first-order valence-corrected chi connectivity index (χ1v) is 10.2. The molecule has 8 nitrogen and oxygen atoms in total. The second-order valence-corrected chi connectivity index (χ2v) is 7.59. The van der Waals surface area contributed by atoms with E-state index in [1.54, 1.807) is 21.7 Å². The largest absolute Gasteiger partial charge is 0.330 e. The van der Waals surface area contributed by atoms with Gasteiger partial charge in [-0.2, -0.15) is 5.26 Å². The van der Waals surface area contributed by atoms with Gasteiger partial charge in [-0.1, -0.05) is 24.3 Å². The quantitative estimate of drug-likeness (QED) is 0.683. The fourth-order valence-electron chi connectivity index (χ4n) is 3.78. The normalized spacial score (nSPS) is 14.3. The number of aryl methyl sites for hydroxylation is 1. The van der Waals surface area contributed by atoms with E-state index < -0.39 is 0 Å². The summed E-state index contributed by atoms with van der Waals surface area (Å²) in [4.78, 5) is 31.8. The third-order valence-corrected chi connectivity index (χ3v) is 5.50.